The van der Waals surface area contributed by atoms with E-state index in [0.717, 1.165) is 57.5 Å². The summed E-state index contributed by atoms with van der Waals surface area (Å²) in [5.41, 5.74) is 0. The molecule has 0 radical (unpaired) electrons. The van der Waals surface area contributed by atoms with Gasteiger partial charge in [0, 0.05) is 32.0 Å². The predicted octanol–water partition coefficient (Wildman–Crippen LogP) is 2.23. The van der Waals surface area contributed by atoms with Crippen molar-refractivity contribution in [1.82, 2.24) is 4.90 Å². The molecule has 4 nitrogen and oxygen atoms in total. The second kappa shape index (κ2) is 6.21. The van der Waals surface area contributed by atoms with Gasteiger partial charge in [0.15, 0.2) is 5.90 Å². The number of rotatable bonds is 1. The highest BCUT2D eigenvalue weighted by atomic mass is 16.5. The molecule has 2 aliphatic heterocycles. The largest absolute Gasteiger partial charge is 0.484 e. The zero-order valence-corrected chi connectivity index (χ0v) is 11.5. The molecule has 0 aromatic heterocycles. The second-order valence-electron chi connectivity index (χ2n) is 5.48. The maximum absolute atomic E-state index is 12.2. The molecule has 0 aliphatic carbocycles. The third-order valence-corrected chi connectivity index (χ3v) is 4.15. The number of nitrogens with zero attached hydrogens (tertiary/aromatic N) is 2. The number of carbonyl (C=O) groups excluding carboxylic acids is 1. The summed E-state index contributed by atoms with van der Waals surface area (Å²) in [5.74, 6) is 1.86. The van der Waals surface area contributed by atoms with Gasteiger partial charge in [-0.25, -0.2) is 0 Å². The average Bonchev–Trinajstić information content (AvgIpc) is 2.69. The van der Waals surface area contributed by atoms with Crippen LogP contribution in [0.15, 0.2) is 4.99 Å². The summed E-state index contributed by atoms with van der Waals surface area (Å²) in [6.07, 6.45) is 5.73. The number of hydrogen-bond donors (Lipinski definition) is 0. The van der Waals surface area contributed by atoms with Crippen LogP contribution < -0.4 is 0 Å². The van der Waals surface area contributed by atoms with Gasteiger partial charge in [-0.2, -0.15) is 0 Å². The van der Waals surface area contributed by atoms with Gasteiger partial charge in [0.1, 0.15) is 0 Å². The van der Waals surface area contributed by atoms with Gasteiger partial charge in [-0.15, -0.1) is 0 Å². The van der Waals surface area contributed by atoms with Crippen molar-refractivity contribution in [2.75, 3.05) is 20.2 Å². The summed E-state index contributed by atoms with van der Waals surface area (Å²) in [7, 11) is 1.68. The van der Waals surface area contributed by atoms with E-state index in [9.17, 15) is 4.79 Å². The number of methoxy groups -OCH3 is 1. The van der Waals surface area contributed by atoms with Gasteiger partial charge in [0.25, 0.3) is 0 Å². The molecule has 0 N–H and O–H groups in total. The van der Waals surface area contributed by atoms with Crippen molar-refractivity contribution in [3.8, 4) is 0 Å². The summed E-state index contributed by atoms with van der Waals surface area (Å²) in [6.45, 7) is 3.95. The van der Waals surface area contributed by atoms with Crippen LogP contribution in [0, 0.1) is 5.92 Å². The van der Waals surface area contributed by atoms with E-state index in [1.165, 1.54) is 0 Å². The Morgan fingerprint density at radius 3 is 2.83 bits per heavy atom. The molecule has 4 heteroatoms. The molecule has 2 atom stereocenters. The first-order chi connectivity index (χ1) is 8.70. The van der Waals surface area contributed by atoms with Gasteiger partial charge in [0.05, 0.1) is 7.11 Å². The van der Waals surface area contributed by atoms with Crippen LogP contribution >= 0.6 is 0 Å². The minimum absolute atomic E-state index is 0.338. The summed E-state index contributed by atoms with van der Waals surface area (Å²) in [6, 6.07) is 0.360. The van der Waals surface area contributed by atoms with Crippen LogP contribution in [-0.2, 0) is 9.53 Å². The third-order valence-electron chi connectivity index (χ3n) is 4.15. The number of amides is 1. The van der Waals surface area contributed by atoms with Crippen LogP contribution in [0.25, 0.3) is 0 Å². The maximum Gasteiger partial charge on any atom is 0.222 e. The van der Waals surface area contributed by atoms with Gasteiger partial charge >= 0.3 is 0 Å². The lowest BCUT2D eigenvalue weighted by Crippen LogP contribution is -2.40. The highest BCUT2D eigenvalue weighted by Gasteiger charge is 2.27. The molecule has 1 fully saturated rings. The number of likely N-dealkylation sites (tertiary alicyclic amines) is 1. The molecule has 1 saturated heterocycles. The molecular formula is C14H24N2O2. The Labute approximate surface area is 109 Å². The fourth-order valence-corrected chi connectivity index (χ4v) is 2.86. The molecule has 0 aromatic carbocycles. The predicted molar refractivity (Wildman–Crippen MR) is 71.7 cm³/mol. The van der Waals surface area contributed by atoms with Crippen molar-refractivity contribution >= 4 is 11.8 Å². The first kappa shape index (κ1) is 13.4. The molecule has 0 bridgehead atoms. The summed E-state index contributed by atoms with van der Waals surface area (Å²) in [5, 5.41) is 0. The molecule has 18 heavy (non-hydrogen) atoms. The van der Waals surface area contributed by atoms with E-state index >= 15 is 0 Å². The smallest absolute Gasteiger partial charge is 0.222 e. The Balaban J connectivity index is 1.96. The first-order valence-electron chi connectivity index (χ1n) is 7.07. The number of hydrogen-bond acceptors (Lipinski definition) is 3. The van der Waals surface area contributed by atoms with Crippen LogP contribution in [0.3, 0.4) is 0 Å². The lowest BCUT2D eigenvalue weighted by atomic mass is 10.0. The van der Waals surface area contributed by atoms with E-state index in [1.807, 2.05) is 0 Å². The van der Waals surface area contributed by atoms with Crippen LogP contribution in [-0.4, -0.2) is 42.9 Å². The average molecular weight is 252 g/mol. The zero-order chi connectivity index (χ0) is 13.0. The Morgan fingerprint density at radius 2 is 2.06 bits per heavy atom. The number of ether oxygens (including phenoxy) is 1. The van der Waals surface area contributed by atoms with Gasteiger partial charge in [-0.1, -0.05) is 6.92 Å². The van der Waals surface area contributed by atoms with E-state index < -0.39 is 0 Å². The van der Waals surface area contributed by atoms with E-state index in [2.05, 4.69) is 16.8 Å². The lowest BCUT2D eigenvalue weighted by Gasteiger charge is -2.30. The standard InChI is InChI=1S/C14H24N2O2/c1-11-3-6-14(17)16(10-8-11)12-4-5-13(18-2)15-9-7-12/h11-12H,3-10H2,1-2H3. The molecule has 1 amide bonds. The first-order valence-corrected chi connectivity index (χ1v) is 7.07. The Hall–Kier alpha value is -1.06. The monoisotopic (exact) mass is 252 g/mol. The van der Waals surface area contributed by atoms with E-state index in [0.29, 0.717) is 17.9 Å². The van der Waals surface area contributed by atoms with Crippen LogP contribution in [0.2, 0.25) is 0 Å². The van der Waals surface area contributed by atoms with Crippen LogP contribution in [0.5, 0.6) is 0 Å². The molecule has 0 saturated carbocycles. The van der Waals surface area contributed by atoms with E-state index in [4.69, 9.17) is 4.74 Å². The second-order valence-corrected chi connectivity index (χ2v) is 5.48. The third kappa shape index (κ3) is 3.24. The maximum atomic E-state index is 12.2. The molecule has 2 aliphatic rings. The number of carbonyl (C=O) groups is 1. The van der Waals surface area contributed by atoms with Gasteiger partial charge in [-0.05, 0) is 31.6 Å². The van der Waals surface area contributed by atoms with Crippen molar-refractivity contribution in [2.45, 2.75) is 51.5 Å². The molecule has 0 aromatic rings. The molecular weight excluding hydrogens is 228 g/mol. The highest BCUT2D eigenvalue weighted by molar-refractivity contribution is 5.78. The normalized spacial score (nSPS) is 30.4. The Bertz CT molecular complexity index is 328. The van der Waals surface area contributed by atoms with Crippen molar-refractivity contribution in [3.63, 3.8) is 0 Å². The topological polar surface area (TPSA) is 41.9 Å². The van der Waals surface area contributed by atoms with Crippen molar-refractivity contribution < 1.29 is 9.53 Å². The fourth-order valence-electron chi connectivity index (χ4n) is 2.86. The summed E-state index contributed by atoms with van der Waals surface area (Å²) < 4.78 is 5.22. The van der Waals surface area contributed by atoms with Gasteiger partial charge < -0.3 is 9.64 Å². The molecule has 2 heterocycles. The molecule has 2 rings (SSSR count). The minimum atomic E-state index is 0.338. The Morgan fingerprint density at radius 1 is 1.22 bits per heavy atom. The highest BCUT2D eigenvalue weighted by Crippen LogP contribution is 2.23. The molecule has 102 valence electrons. The molecule has 2 unspecified atom stereocenters. The summed E-state index contributed by atoms with van der Waals surface area (Å²) >= 11 is 0. The van der Waals surface area contributed by atoms with E-state index in [-0.39, 0.29) is 0 Å². The molecule has 0 spiro atoms. The van der Waals surface area contributed by atoms with Gasteiger partial charge in [-0.3, -0.25) is 9.79 Å². The zero-order valence-electron chi connectivity index (χ0n) is 11.5. The fraction of sp³-hybridized carbons (Fsp3) is 0.857. The van der Waals surface area contributed by atoms with Crippen LogP contribution in [0.1, 0.15) is 45.4 Å². The Kier molecular flexibility index (Phi) is 4.61. The van der Waals surface area contributed by atoms with Crippen molar-refractivity contribution in [3.05, 3.63) is 0 Å². The van der Waals surface area contributed by atoms with Crippen LogP contribution in [0.4, 0.5) is 0 Å². The SMILES string of the molecule is COC1=NCCC(N2CCC(C)CCC2=O)CC1. The minimum Gasteiger partial charge on any atom is -0.484 e. The van der Waals surface area contributed by atoms with E-state index in [1.54, 1.807) is 7.11 Å². The quantitative estimate of drug-likeness (QED) is 0.718. The summed E-state index contributed by atoms with van der Waals surface area (Å²) in [4.78, 5) is 18.7. The van der Waals surface area contributed by atoms with Crippen molar-refractivity contribution in [1.29, 1.82) is 0 Å². The lowest BCUT2D eigenvalue weighted by molar-refractivity contribution is -0.133. The number of aliphatic imine (C=N–C) groups is 1. The van der Waals surface area contributed by atoms with Crippen molar-refractivity contribution in [2.24, 2.45) is 10.9 Å². The van der Waals surface area contributed by atoms with Gasteiger partial charge in [0.2, 0.25) is 5.91 Å².